The molecule has 15 heteroatoms. The zero-order valence-corrected chi connectivity index (χ0v) is 22.6. The van der Waals surface area contributed by atoms with Gasteiger partial charge in [-0.15, -0.1) is 10.2 Å². The van der Waals surface area contributed by atoms with E-state index in [1.807, 2.05) is 6.92 Å². The summed E-state index contributed by atoms with van der Waals surface area (Å²) in [6.07, 6.45) is 3.78. The molecule has 200 valence electrons. The lowest BCUT2D eigenvalue weighted by Gasteiger charge is -2.22. The molecule has 3 aromatic heterocycles. The molecule has 0 N–H and O–H groups in total. The Morgan fingerprint density at radius 1 is 1.08 bits per heavy atom. The Hall–Kier alpha value is -2.94. The van der Waals surface area contributed by atoms with Crippen LogP contribution in [-0.4, -0.2) is 82.4 Å². The van der Waals surface area contributed by atoms with Crippen molar-refractivity contribution in [2.75, 3.05) is 27.9 Å². The van der Waals surface area contributed by atoms with E-state index in [-0.39, 0.29) is 35.4 Å². The number of methoxy groups -OCH3 is 3. The van der Waals surface area contributed by atoms with Gasteiger partial charge in [0.1, 0.15) is 24.0 Å². The Balaban J connectivity index is 1.76. The molecule has 0 saturated heterocycles. The van der Waals surface area contributed by atoms with E-state index in [1.54, 1.807) is 4.57 Å². The molecule has 0 unspecified atom stereocenters. The molecule has 4 rings (SSSR count). The highest BCUT2D eigenvalue weighted by Gasteiger charge is 2.45. The number of hydrogen-bond donors (Lipinski definition) is 0. The summed E-state index contributed by atoms with van der Waals surface area (Å²) < 4.78 is 51.0. The molecule has 4 atom stereocenters. The first-order valence-electron chi connectivity index (χ1n) is 11.5. The molecular weight excluding hydrogens is 526 g/mol. The van der Waals surface area contributed by atoms with Crippen molar-refractivity contribution in [1.29, 1.82) is 0 Å². The molecule has 0 aromatic carbocycles. The predicted molar refractivity (Wildman–Crippen MR) is 132 cm³/mol. The zero-order valence-electron chi connectivity index (χ0n) is 21.0. The normalized spacial score (nSPS) is 18.9. The van der Waals surface area contributed by atoms with Gasteiger partial charge in [0.05, 0.1) is 30.6 Å². The summed E-state index contributed by atoms with van der Waals surface area (Å²) in [6, 6.07) is 0. The van der Waals surface area contributed by atoms with Gasteiger partial charge >= 0.3 is 0 Å². The lowest BCUT2D eigenvalue weighted by atomic mass is 10.2. The van der Waals surface area contributed by atoms with Gasteiger partial charge < -0.3 is 18.9 Å². The molecule has 1 saturated carbocycles. The van der Waals surface area contributed by atoms with Crippen LogP contribution in [0.15, 0.2) is 18.7 Å². The Morgan fingerprint density at radius 3 is 2.30 bits per heavy atom. The summed E-state index contributed by atoms with van der Waals surface area (Å²) in [4.78, 5) is 16.6. The van der Waals surface area contributed by atoms with Crippen molar-refractivity contribution >= 4 is 21.4 Å². The summed E-state index contributed by atoms with van der Waals surface area (Å²) in [7, 11) is 0.408. The summed E-state index contributed by atoms with van der Waals surface area (Å²) in [6.45, 7) is 3.98. The van der Waals surface area contributed by atoms with Crippen molar-refractivity contribution in [2.24, 2.45) is 0 Å². The largest absolute Gasteiger partial charge is 0.479 e. The Labute approximate surface area is 219 Å². The molecule has 0 amide bonds. The highest BCUT2D eigenvalue weighted by atomic mass is 35.5. The third-order valence-corrected chi connectivity index (χ3v) is 8.27. The topological polar surface area (TPSA) is 153 Å². The molecule has 0 aliphatic heterocycles. The fourth-order valence-corrected chi connectivity index (χ4v) is 5.58. The van der Waals surface area contributed by atoms with Gasteiger partial charge in [-0.1, -0.05) is 11.6 Å². The average molecular weight is 554 g/mol. The molecule has 3 aromatic rings. The van der Waals surface area contributed by atoms with E-state index < -0.39 is 26.9 Å². The first-order valence-corrected chi connectivity index (χ1v) is 13.6. The molecule has 1 fully saturated rings. The second-order valence-corrected chi connectivity index (χ2v) is 11.1. The van der Waals surface area contributed by atoms with Crippen LogP contribution in [0.5, 0.6) is 11.8 Å². The number of aromatic nitrogens is 7. The van der Waals surface area contributed by atoms with Crippen LogP contribution in [0.3, 0.4) is 0 Å². The van der Waals surface area contributed by atoms with Gasteiger partial charge in [-0.25, -0.2) is 18.4 Å². The van der Waals surface area contributed by atoms with Crippen molar-refractivity contribution < 1.29 is 27.4 Å². The molecule has 1 aliphatic rings. The van der Waals surface area contributed by atoms with Gasteiger partial charge in [0.25, 0.3) is 0 Å². The van der Waals surface area contributed by atoms with Crippen molar-refractivity contribution in [2.45, 2.75) is 49.4 Å². The maximum absolute atomic E-state index is 13.6. The minimum absolute atomic E-state index is 0.0575. The fourth-order valence-electron chi connectivity index (χ4n) is 4.06. The lowest BCUT2D eigenvalue weighted by Crippen LogP contribution is -2.30. The second kappa shape index (κ2) is 11.2. The smallest absolute Gasteiger partial charge is 0.245 e. The van der Waals surface area contributed by atoms with Crippen LogP contribution in [0.25, 0.3) is 5.69 Å². The number of sulfone groups is 1. The number of nitrogens with zero attached hydrogens (tertiary/aromatic N) is 7. The zero-order chi connectivity index (χ0) is 26.7. The fraction of sp³-hybridized carbons (Fsp3) is 0.545. The van der Waals surface area contributed by atoms with Gasteiger partial charge in [-0.3, -0.25) is 4.57 Å². The van der Waals surface area contributed by atoms with E-state index >= 15 is 0 Å². The summed E-state index contributed by atoms with van der Waals surface area (Å²) in [5.74, 6) is 0.638. The first kappa shape index (κ1) is 27.1. The van der Waals surface area contributed by atoms with Crippen LogP contribution in [0.2, 0.25) is 5.02 Å². The van der Waals surface area contributed by atoms with Gasteiger partial charge in [-0.05, 0) is 20.3 Å². The van der Waals surface area contributed by atoms with Crippen LogP contribution < -0.4 is 9.47 Å². The summed E-state index contributed by atoms with van der Waals surface area (Å²) in [5, 5.41) is 7.90. The van der Waals surface area contributed by atoms with Crippen LogP contribution in [0.1, 0.15) is 49.8 Å². The maximum atomic E-state index is 13.6. The van der Waals surface area contributed by atoms with E-state index in [1.165, 1.54) is 47.0 Å². The minimum atomic E-state index is -3.88. The molecule has 0 spiro atoms. The third kappa shape index (κ3) is 5.51. The van der Waals surface area contributed by atoms with Crippen molar-refractivity contribution in [3.05, 3.63) is 41.2 Å². The van der Waals surface area contributed by atoms with Gasteiger partial charge in [0.15, 0.2) is 27.2 Å². The average Bonchev–Trinajstić information content (AvgIpc) is 3.54. The molecule has 0 radical (unpaired) electrons. The molecule has 37 heavy (non-hydrogen) atoms. The van der Waals surface area contributed by atoms with Crippen molar-refractivity contribution in [1.82, 2.24) is 34.7 Å². The van der Waals surface area contributed by atoms with E-state index in [9.17, 15) is 8.42 Å². The van der Waals surface area contributed by atoms with Gasteiger partial charge in [0, 0.05) is 32.0 Å². The first-order chi connectivity index (χ1) is 17.7. The Kier molecular flexibility index (Phi) is 8.21. The van der Waals surface area contributed by atoms with Crippen molar-refractivity contribution in [3.8, 4) is 17.4 Å². The molecule has 0 bridgehead atoms. The lowest BCUT2D eigenvalue weighted by molar-refractivity contribution is 0.0948. The minimum Gasteiger partial charge on any atom is -0.479 e. The van der Waals surface area contributed by atoms with Crippen LogP contribution in [0, 0.1) is 0 Å². The monoisotopic (exact) mass is 553 g/mol. The molecule has 13 nitrogen and oxygen atoms in total. The molecular formula is C22H28ClN7O6S. The van der Waals surface area contributed by atoms with E-state index in [0.29, 0.717) is 29.6 Å². The van der Waals surface area contributed by atoms with Gasteiger partial charge in [0.2, 0.25) is 11.8 Å². The van der Waals surface area contributed by atoms with E-state index in [0.717, 1.165) is 0 Å². The standard InChI is InChI=1S/C22H28ClN7O6S/c1-6-36-15-7-14(15)20-29-28-16(30(20)17-21(34-4)26-11-27-22(17)35-5)10-37(31,32)12(2)18(33-3)19-24-8-13(23)9-25-19/h8-9,11-12,14-15,18H,6-7,10H2,1-5H3/t12-,14-,15+,18-/m0/s1. The Morgan fingerprint density at radius 2 is 1.73 bits per heavy atom. The summed E-state index contributed by atoms with van der Waals surface area (Å²) >= 11 is 5.88. The maximum Gasteiger partial charge on any atom is 0.245 e. The number of hydrogen-bond acceptors (Lipinski definition) is 12. The van der Waals surface area contributed by atoms with E-state index in [2.05, 4.69) is 30.1 Å². The van der Waals surface area contributed by atoms with E-state index in [4.69, 9.17) is 30.5 Å². The molecule has 3 heterocycles. The van der Waals surface area contributed by atoms with Crippen LogP contribution in [0.4, 0.5) is 0 Å². The SMILES string of the molecule is CCO[C@@H]1C[C@@H]1c1nnc(CS(=O)(=O)[C@@H](C)[C@H](OC)c2ncc(Cl)cn2)n1-c1c(OC)ncnc1OC. The third-order valence-electron chi connectivity index (χ3n) is 6.04. The summed E-state index contributed by atoms with van der Waals surface area (Å²) in [5.41, 5.74) is 0.303. The number of halogens is 1. The van der Waals surface area contributed by atoms with Crippen LogP contribution in [-0.2, 0) is 25.1 Å². The number of ether oxygens (including phenoxy) is 4. The van der Waals surface area contributed by atoms with Crippen molar-refractivity contribution in [3.63, 3.8) is 0 Å². The van der Waals surface area contributed by atoms with Gasteiger partial charge in [-0.2, -0.15) is 9.97 Å². The predicted octanol–water partition coefficient (Wildman–Crippen LogP) is 2.10. The highest BCUT2D eigenvalue weighted by molar-refractivity contribution is 7.91. The van der Waals surface area contributed by atoms with Crippen LogP contribution >= 0.6 is 11.6 Å². The molecule has 1 aliphatic carbocycles. The highest BCUT2D eigenvalue weighted by Crippen LogP contribution is 2.45. The number of rotatable bonds is 12. The second-order valence-electron chi connectivity index (χ2n) is 8.31. The Bertz CT molecular complexity index is 1320. The quantitative estimate of drug-likeness (QED) is 0.322.